The largest absolute Gasteiger partial charge is 0.508 e. The van der Waals surface area contributed by atoms with Crippen molar-refractivity contribution in [3.63, 3.8) is 0 Å². The van der Waals surface area contributed by atoms with Crippen molar-refractivity contribution in [1.82, 2.24) is 0 Å². The summed E-state index contributed by atoms with van der Waals surface area (Å²) >= 11 is 0. The highest BCUT2D eigenvalue weighted by atomic mass is 16.3. The van der Waals surface area contributed by atoms with Crippen molar-refractivity contribution in [2.24, 2.45) is 0 Å². The number of phenols is 1. The molecule has 1 aliphatic rings. The number of hydrogen-bond acceptors (Lipinski definition) is 3. The van der Waals surface area contributed by atoms with Crippen molar-refractivity contribution in [1.29, 1.82) is 0 Å². The van der Waals surface area contributed by atoms with Crippen molar-refractivity contribution < 1.29 is 10.2 Å². The van der Waals surface area contributed by atoms with E-state index in [9.17, 15) is 10.2 Å². The SMILES string of the molecule is CCN(CC)c1ccc(CC2(O)CC2)c(O)c1. The van der Waals surface area contributed by atoms with Gasteiger partial charge in [0, 0.05) is 31.3 Å². The van der Waals surface area contributed by atoms with Crippen LogP contribution < -0.4 is 4.90 Å². The van der Waals surface area contributed by atoms with Crippen LogP contribution in [-0.4, -0.2) is 28.9 Å². The third kappa shape index (κ3) is 2.72. The molecule has 3 nitrogen and oxygen atoms in total. The highest BCUT2D eigenvalue weighted by Gasteiger charge is 2.40. The molecule has 0 aromatic heterocycles. The average molecular weight is 235 g/mol. The van der Waals surface area contributed by atoms with Crippen LogP contribution in [0, 0.1) is 0 Å². The maximum Gasteiger partial charge on any atom is 0.120 e. The van der Waals surface area contributed by atoms with E-state index in [0.29, 0.717) is 12.2 Å². The number of benzene rings is 1. The Morgan fingerprint density at radius 3 is 2.35 bits per heavy atom. The van der Waals surface area contributed by atoms with Crippen LogP contribution in [0.1, 0.15) is 32.3 Å². The smallest absolute Gasteiger partial charge is 0.120 e. The van der Waals surface area contributed by atoms with E-state index >= 15 is 0 Å². The van der Waals surface area contributed by atoms with Gasteiger partial charge in [0.2, 0.25) is 0 Å². The highest BCUT2D eigenvalue weighted by Crippen LogP contribution is 2.40. The Bertz CT molecular complexity index is 395. The van der Waals surface area contributed by atoms with Gasteiger partial charge in [-0.3, -0.25) is 0 Å². The number of hydrogen-bond donors (Lipinski definition) is 2. The van der Waals surface area contributed by atoms with E-state index < -0.39 is 5.60 Å². The van der Waals surface area contributed by atoms with Gasteiger partial charge < -0.3 is 15.1 Å². The quantitative estimate of drug-likeness (QED) is 0.823. The first kappa shape index (κ1) is 12.2. The van der Waals surface area contributed by atoms with Crippen molar-refractivity contribution in [3.05, 3.63) is 23.8 Å². The van der Waals surface area contributed by atoms with Gasteiger partial charge in [0.25, 0.3) is 0 Å². The van der Waals surface area contributed by atoms with Crippen molar-refractivity contribution in [2.45, 2.75) is 38.7 Å². The van der Waals surface area contributed by atoms with Crippen molar-refractivity contribution >= 4 is 5.69 Å². The van der Waals surface area contributed by atoms with Gasteiger partial charge in [-0.05, 0) is 38.3 Å². The lowest BCUT2D eigenvalue weighted by molar-refractivity contribution is 0.150. The van der Waals surface area contributed by atoms with Gasteiger partial charge in [0.1, 0.15) is 5.75 Å². The van der Waals surface area contributed by atoms with Gasteiger partial charge in [0.15, 0.2) is 0 Å². The number of phenolic OH excluding ortho intramolecular Hbond substituents is 1. The minimum Gasteiger partial charge on any atom is -0.508 e. The third-order valence-corrected chi connectivity index (χ3v) is 3.54. The maximum atomic E-state index is 9.98. The van der Waals surface area contributed by atoms with Crippen LogP contribution in [0.2, 0.25) is 0 Å². The molecule has 0 aliphatic heterocycles. The first-order valence-corrected chi connectivity index (χ1v) is 6.37. The molecular weight excluding hydrogens is 214 g/mol. The van der Waals surface area contributed by atoms with E-state index in [2.05, 4.69) is 18.7 Å². The normalized spacial score (nSPS) is 16.9. The molecular formula is C14H21NO2. The minimum atomic E-state index is -0.547. The number of nitrogens with zero attached hydrogens (tertiary/aromatic N) is 1. The molecule has 0 amide bonds. The number of anilines is 1. The molecule has 0 heterocycles. The van der Waals surface area contributed by atoms with Crippen LogP contribution in [0.4, 0.5) is 5.69 Å². The zero-order valence-corrected chi connectivity index (χ0v) is 10.6. The van der Waals surface area contributed by atoms with E-state index in [1.165, 1.54) is 0 Å². The third-order valence-electron chi connectivity index (χ3n) is 3.54. The Kier molecular flexibility index (Phi) is 3.29. The molecule has 17 heavy (non-hydrogen) atoms. The van der Waals surface area contributed by atoms with Crippen LogP contribution in [0.5, 0.6) is 5.75 Å². The Morgan fingerprint density at radius 2 is 1.88 bits per heavy atom. The summed E-state index contributed by atoms with van der Waals surface area (Å²) in [5.74, 6) is 0.301. The zero-order valence-electron chi connectivity index (χ0n) is 10.6. The molecule has 1 saturated carbocycles. The Hall–Kier alpha value is -1.22. The van der Waals surface area contributed by atoms with Crippen LogP contribution in [0.25, 0.3) is 0 Å². The molecule has 2 N–H and O–H groups in total. The van der Waals surface area contributed by atoms with Gasteiger partial charge in [-0.25, -0.2) is 0 Å². The summed E-state index contributed by atoms with van der Waals surface area (Å²) in [4.78, 5) is 2.19. The lowest BCUT2D eigenvalue weighted by Gasteiger charge is -2.22. The van der Waals surface area contributed by atoms with Crippen LogP contribution in [0.3, 0.4) is 0 Å². The van der Waals surface area contributed by atoms with E-state index in [1.807, 2.05) is 12.1 Å². The summed E-state index contributed by atoms with van der Waals surface area (Å²) in [6.45, 7) is 6.06. The van der Waals surface area contributed by atoms with E-state index in [4.69, 9.17) is 0 Å². The lowest BCUT2D eigenvalue weighted by Crippen LogP contribution is -2.21. The molecule has 1 fully saturated rings. The maximum absolute atomic E-state index is 9.98. The first-order valence-electron chi connectivity index (χ1n) is 6.37. The second-order valence-electron chi connectivity index (χ2n) is 4.89. The molecule has 94 valence electrons. The fourth-order valence-electron chi connectivity index (χ4n) is 2.16. The highest BCUT2D eigenvalue weighted by molar-refractivity contribution is 5.53. The molecule has 0 spiro atoms. The predicted molar refractivity (Wildman–Crippen MR) is 69.6 cm³/mol. The van der Waals surface area contributed by atoms with Crippen LogP contribution >= 0.6 is 0 Å². The fourth-order valence-corrected chi connectivity index (χ4v) is 2.16. The number of aliphatic hydroxyl groups is 1. The minimum absolute atomic E-state index is 0.301. The Morgan fingerprint density at radius 1 is 1.24 bits per heavy atom. The van der Waals surface area contributed by atoms with Gasteiger partial charge in [-0.15, -0.1) is 0 Å². The molecule has 0 radical (unpaired) electrons. The van der Waals surface area contributed by atoms with E-state index in [0.717, 1.165) is 37.2 Å². The van der Waals surface area contributed by atoms with Crippen LogP contribution in [-0.2, 0) is 6.42 Å². The molecule has 1 aromatic rings. The van der Waals surface area contributed by atoms with Crippen LogP contribution in [0.15, 0.2) is 18.2 Å². The molecule has 0 unspecified atom stereocenters. The summed E-state index contributed by atoms with van der Waals surface area (Å²) in [7, 11) is 0. The summed E-state index contributed by atoms with van der Waals surface area (Å²) < 4.78 is 0. The average Bonchev–Trinajstić information content (AvgIpc) is 3.02. The van der Waals surface area contributed by atoms with Crippen molar-refractivity contribution in [2.75, 3.05) is 18.0 Å². The fraction of sp³-hybridized carbons (Fsp3) is 0.571. The summed E-state index contributed by atoms with van der Waals surface area (Å²) in [6.07, 6.45) is 2.27. The summed E-state index contributed by atoms with van der Waals surface area (Å²) in [6, 6.07) is 5.75. The van der Waals surface area contributed by atoms with Gasteiger partial charge in [0.05, 0.1) is 5.60 Å². The Labute approximate surface area is 103 Å². The molecule has 0 atom stereocenters. The second-order valence-corrected chi connectivity index (χ2v) is 4.89. The summed E-state index contributed by atoms with van der Waals surface area (Å²) in [5, 5.41) is 19.8. The molecule has 3 heteroatoms. The predicted octanol–water partition coefficient (Wildman–Crippen LogP) is 2.31. The molecule has 2 rings (SSSR count). The standard InChI is InChI=1S/C14H21NO2/c1-3-15(4-2)12-6-5-11(13(16)9-12)10-14(17)7-8-14/h5-6,9,16-17H,3-4,7-8,10H2,1-2H3. The van der Waals surface area contributed by atoms with E-state index in [1.54, 1.807) is 6.07 Å². The number of rotatable bonds is 5. The Balaban J connectivity index is 2.16. The van der Waals surface area contributed by atoms with Gasteiger partial charge in [-0.1, -0.05) is 6.07 Å². The molecule has 0 saturated heterocycles. The monoisotopic (exact) mass is 235 g/mol. The topological polar surface area (TPSA) is 43.7 Å². The van der Waals surface area contributed by atoms with Gasteiger partial charge in [-0.2, -0.15) is 0 Å². The lowest BCUT2D eigenvalue weighted by atomic mass is 10.0. The first-order chi connectivity index (χ1) is 8.08. The molecule has 1 aromatic carbocycles. The number of aromatic hydroxyl groups is 1. The van der Waals surface area contributed by atoms with Gasteiger partial charge >= 0.3 is 0 Å². The van der Waals surface area contributed by atoms with Crippen molar-refractivity contribution in [3.8, 4) is 5.75 Å². The van der Waals surface area contributed by atoms with E-state index in [-0.39, 0.29) is 0 Å². The molecule has 0 bridgehead atoms. The summed E-state index contributed by atoms with van der Waals surface area (Å²) in [5.41, 5.74) is 1.34. The molecule has 1 aliphatic carbocycles. The zero-order chi connectivity index (χ0) is 12.5. The second kappa shape index (κ2) is 4.57.